The first kappa shape index (κ1) is 16.5. The molecule has 0 radical (unpaired) electrons. The van der Waals surface area contributed by atoms with Crippen molar-refractivity contribution >= 4 is 22.6 Å². The van der Waals surface area contributed by atoms with E-state index in [4.69, 9.17) is 0 Å². The second-order valence-electron chi connectivity index (χ2n) is 6.69. The van der Waals surface area contributed by atoms with E-state index in [0.717, 1.165) is 42.7 Å². The van der Waals surface area contributed by atoms with Gasteiger partial charge in [0, 0.05) is 44.8 Å². The van der Waals surface area contributed by atoms with Gasteiger partial charge in [-0.05, 0) is 25.0 Å². The van der Waals surface area contributed by atoms with E-state index in [1.54, 1.807) is 17.2 Å². The number of rotatable bonds is 3. The molecule has 1 aromatic carbocycles. The number of carbonyl (C=O) groups excluding carboxylic acids is 1. The molecule has 0 spiro atoms. The molecule has 3 heterocycles. The average Bonchev–Trinajstić information content (AvgIpc) is 3.05. The van der Waals surface area contributed by atoms with Gasteiger partial charge in [-0.15, -0.1) is 0 Å². The molecule has 0 aliphatic carbocycles. The Kier molecular flexibility index (Phi) is 4.28. The highest BCUT2D eigenvalue weighted by Crippen LogP contribution is 2.23. The van der Waals surface area contributed by atoms with Crippen molar-refractivity contribution < 1.29 is 4.79 Å². The number of carbonyl (C=O) groups is 1. The molecule has 0 unspecified atom stereocenters. The fraction of sp³-hybridized carbons (Fsp3) is 0.368. The van der Waals surface area contributed by atoms with Gasteiger partial charge in [0.15, 0.2) is 5.69 Å². The van der Waals surface area contributed by atoms with E-state index in [1.807, 2.05) is 42.3 Å². The first-order valence-electron chi connectivity index (χ1n) is 8.85. The maximum atomic E-state index is 13.0. The molecule has 26 heavy (non-hydrogen) atoms. The zero-order valence-corrected chi connectivity index (χ0v) is 15.0. The Hall–Kier alpha value is -2.96. The van der Waals surface area contributed by atoms with Crippen molar-refractivity contribution in [2.75, 3.05) is 25.0 Å². The number of aryl methyl sites for hydroxylation is 1. The van der Waals surface area contributed by atoms with Crippen LogP contribution in [0.2, 0.25) is 0 Å². The number of nitrogens with zero attached hydrogens (tertiary/aromatic N) is 6. The first-order chi connectivity index (χ1) is 12.6. The molecule has 2 aromatic heterocycles. The van der Waals surface area contributed by atoms with Crippen molar-refractivity contribution in [3.05, 3.63) is 48.5 Å². The third-order valence-electron chi connectivity index (χ3n) is 5.19. The van der Waals surface area contributed by atoms with Crippen molar-refractivity contribution in [3.63, 3.8) is 0 Å². The van der Waals surface area contributed by atoms with Gasteiger partial charge in [-0.3, -0.25) is 9.48 Å². The summed E-state index contributed by atoms with van der Waals surface area (Å²) in [7, 11) is 3.93. The summed E-state index contributed by atoms with van der Waals surface area (Å²) < 4.78 is 1.78. The highest BCUT2D eigenvalue weighted by Gasteiger charge is 2.28. The minimum atomic E-state index is 0.0185. The minimum Gasteiger partial charge on any atom is -0.356 e. The molecule has 1 aliphatic rings. The molecule has 0 saturated carbocycles. The fourth-order valence-electron chi connectivity index (χ4n) is 3.66. The standard InChI is InChI=1S/C19H22N6O/c1-23(17-7-10-20-13-21-17)14-8-11-25(12-9-14)19(26)18-15-5-3-4-6-16(15)24(2)22-18/h3-7,10,13-14H,8-9,11-12H2,1-2H3. The van der Waals surface area contributed by atoms with Gasteiger partial charge in [-0.25, -0.2) is 9.97 Å². The lowest BCUT2D eigenvalue weighted by Gasteiger charge is -2.37. The third kappa shape index (κ3) is 2.89. The number of fused-ring (bicyclic) bond motifs is 1. The largest absolute Gasteiger partial charge is 0.356 e. The van der Waals surface area contributed by atoms with E-state index >= 15 is 0 Å². The second-order valence-corrected chi connectivity index (χ2v) is 6.69. The van der Waals surface area contributed by atoms with E-state index in [0.29, 0.717) is 11.7 Å². The molecule has 7 heteroatoms. The lowest BCUT2D eigenvalue weighted by molar-refractivity contribution is 0.0708. The van der Waals surface area contributed by atoms with Gasteiger partial charge in [0.1, 0.15) is 12.1 Å². The predicted molar refractivity (Wildman–Crippen MR) is 100 cm³/mol. The van der Waals surface area contributed by atoms with Crippen LogP contribution in [0.3, 0.4) is 0 Å². The van der Waals surface area contributed by atoms with Gasteiger partial charge in [0.2, 0.25) is 0 Å². The maximum Gasteiger partial charge on any atom is 0.275 e. The van der Waals surface area contributed by atoms with Gasteiger partial charge in [0.25, 0.3) is 5.91 Å². The quantitative estimate of drug-likeness (QED) is 0.724. The van der Waals surface area contributed by atoms with Crippen LogP contribution in [0.25, 0.3) is 10.9 Å². The van der Waals surface area contributed by atoms with Crippen LogP contribution >= 0.6 is 0 Å². The van der Waals surface area contributed by atoms with Crippen LogP contribution in [0.15, 0.2) is 42.9 Å². The molecule has 0 N–H and O–H groups in total. The van der Waals surface area contributed by atoms with Crippen LogP contribution in [0.4, 0.5) is 5.82 Å². The SMILES string of the molecule is CN(c1ccncn1)C1CCN(C(=O)c2nn(C)c3ccccc23)CC1. The molecule has 7 nitrogen and oxygen atoms in total. The van der Waals surface area contributed by atoms with Gasteiger partial charge in [-0.1, -0.05) is 18.2 Å². The average molecular weight is 350 g/mol. The van der Waals surface area contributed by atoms with Crippen LogP contribution < -0.4 is 4.90 Å². The van der Waals surface area contributed by atoms with Crippen molar-refractivity contribution in [2.24, 2.45) is 7.05 Å². The molecule has 134 valence electrons. The van der Waals surface area contributed by atoms with E-state index in [2.05, 4.69) is 27.0 Å². The number of benzene rings is 1. The summed E-state index contributed by atoms with van der Waals surface area (Å²) in [5.74, 6) is 0.936. The normalized spacial score (nSPS) is 15.4. The number of hydrogen-bond donors (Lipinski definition) is 0. The lowest BCUT2D eigenvalue weighted by Crippen LogP contribution is -2.46. The van der Waals surface area contributed by atoms with E-state index in [-0.39, 0.29) is 5.91 Å². The first-order valence-corrected chi connectivity index (χ1v) is 8.85. The molecular weight excluding hydrogens is 328 g/mol. The number of piperidine rings is 1. The monoisotopic (exact) mass is 350 g/mol. The molecule has 1 amide bonds. The minimum absolute atomic E-state index is 0.0185. The summed E-state index contributed by atoms with van der Waals surface area (Å²) in [6.45, 7) is 1.45. The van der Waals surface area contributed by atoms with Gasteiger partial charge >= 0.3 is 0 Å². The summed E-state index contributed by atoms with van der Waals surface area (Å²) in [4.78, 5) is 25.4. The molecule has 0 bridgehead atoms. The zero-order valence-electron chi connectivity index (χ0n) is 15.0. The summed E-state index contributed by atoms with van der Waals surface area (Å²) in [5.41, 5.74) is 1.53. The number of para-hydroxylation sites is 1. The highest BCUT2D eigenvalue weighted by molar-refractivity contribution is 6.04. The van der Waals surface area contributed by atoms with Crippen molar-refractivity contribution in [3.8, 4) is 0 Å². The van der Waals surface area contributed by atoms with Gasteiger partial charge in [-0.2, -0.15) is 5.10 Å². The van der Waals surface area contributed by atoms with Crippen LogP contribution in [0, 0.1) is 0 Å². The van der Waals surface area contributed by atoms with Crippen LogP contribution in [0.1, 0.15) is 23.3 Å². The number of likely N-dealkylation sites (tertiary alicyclic amines) is 1. The summed E-state index contributed by atoms with van der Waals surface area (Å²) in [5, 5.41) is 5.38. The Bertz CT molecular complexity index is 914. The third-order valence-corrected chi connectivity index (χ3v) is 5.19. The van der Waals surface area contributed by atoms with Gasteiger partial charge in [0.05, 0.1) is 5.52 Å². The Balaban J connectivity index is 1.47. The van der Waals surface area contributed by atoms with E-state index in [1.165, 1.54) is 0 Å². The van der Waals surface area contributed by atoms with Crippen molar-refractivity contribution in [1.82, 2.24) is 24.6 Å². The molecule has 1 saturated heterocycles. The maximum absolute atomic E-state index is 13.0. The molecule has 1 aliphatic heterocycles. The Morgan fingerprint density at radius 1 is 1.19 bits per heavy atom. The summed E-state index contributed by atoms with van der Waals surface area (Å²) in [6.07, 6.45) is 5.15. The number of amides is 1. The Morgan fingerprint density at radius 2 is 1.96 bits per heavy atom. The highest BCUT2D eigenvalue weighted by atomic mass is 16.2. The molecule has 3 aromatic rings. The molecule has 0 atom stereocenters. The van der Waals surface area contributed by atoms with Crippen molar-refractivity contribution in [1.29, 1.82) is 0 Å². The number of hydrogen-bond acceptors (Lipinski definition) is 5. The summed E-state index contributed by atoms with van der Waals surface area (Å²) in [6, 6.07) is 10.1. The van der Waals surface area contributed by atoms with Crippen molar-refractivity contribution in [2.45, 2.75) is 18.9 Å². The Morgan fingerprint density at radius 3 is 2.69 bits per heavy atom. The van der Waals surface area contributed by atoms with Crippen LogP contribution in [-0.2, 0) is 7.05 Å². The number of anilines is 1. The smallest absolute Gasteiger partial charge is 0.275 e. The van der Waals surface area contributed by atoms with E-state index < -0.39 is 0 Å². The molecule has 4 rings (SSSR count). The lowest BCUT2D eigenvalue weighted by atomic mass is 10.0. The fourth-order valence-corrected chi connectivity index (χ4v) is 3.66. The summed E-state index contributed by atoms with van der Waals surface area (Å²) >= 11 is 0. The zero-order chi connectivity index (χ0) is 18.1. The van der Waals surface area contributed by atoms with Crippen LogP contribution in [0.5, 0.6) is 0 Å². The molecular formula is C19H22N6O. The number of aromatic nitrogens is 4. The van der Waals surface area contributed by atoms with Gasteiger partial charge < -0.3 is 9.80 Å². The topological polar surface area (TPSA) is 67.2 Å². The van der Waals surface area contributed by atoms with E-state index in [9.17, 15) is 4.79 Å². The Labute approximate surface area is 152 Å². The second kappa shape index (κ2) is 6.74. The molecule has 1 fully saturated rings. The predicted octanol–water partition coefficient (Wildman–Crippen LogP) is 2.10. The van der Waals surface area contributed by atoms with Crippen LogP contribution in [-0.4, -0.2) is 56.7 Å².